The van der Waals surface area contributed by atoms with Crippen LogP contribution in [-0.4, -0.2) is 16.8 Å². The van der Waals surface area contributed by atoms with Crippen molar-refractivity contribution in [2.45, 2.75) is 25.9 Å². The smallest absolute Gasteiger partial charge is 0.0659 e. The van der Waals surface area contributed by atoms with Gasteiger partial charge in [0.05, 0.1) is 12.7 Å². The molecule has 1 aromatic carbocycles. The second-order valence-electron chi connectivity index (χ2n) is 4.35. The van der Waals surface area contributed by atoms with Gasteiger partial charge in [-0.15, -0.1) is 0 Å². The SMILES string of the molecule is CCC(NC)c1cnn(Cc2ccc(Cl)cc2)c1. The van der Waals surface area contributed by atoms with E-state index >= 15 is 0 Å². The molecule has 0 aliphatic carbocycles. The molecule has 1 aromatic heterocycles. The molecule has 0 radical (unpaired) electrons. The summed E-state index contributed by atoms with van der Waals surface area (Å²) in [5.41, 5.74) is 2.43. The number of nitrogens with one attached hydrogen (secondary N) is 1. The minimum atomic E-state index is 0.379. The highest BCUT2D eigenvalue weighted by Gasteiger charge is 2.08. The molecule has 0 bridgehead atoms. The van der Waals surface area contributed by atoms with Crippen LogP contribution in [0, 0.1) is 0 Å². The minimum Gasteiger partial charge on any atom is -0.313 e. The molecule has 1 heterocycles. The lowest BCUT2D eigenvalue weighted by atomic mass is 10.1. The molecule has 3 nitrogen and oxygen atoms in total. The number of hydrogen-bond donors (Lipinski definition) is 1. The summed E-state index contributed by atoms with van der Waals surface area (Å²) in [7, 11) is 1.98. The van der Waals surface area contributed by atoms with Crippen LogP contribution in [0.15, 0.2) is 36.7 Å². The van der Waals surface area contributed by atoms with Gasteiger partial charge in [-0.1, -0.05) is 30.7 Å². The van der Waals surface area contributed by atoms with Gasteiger partial charge in [0, 0.05) is 22.8 Å². The van der Waals surface area contributed by atoms with Gasteiger partial charge in [0.25, 0.3) is 0 Å². The molecule has 0 aliphatic rings. The average Bonchev–Trinajstić information content (AvgIpc) is 2.82. The lowest BCUT2D eigenvalue weighted by Gasteiger charge is -2.10. The van der Waals surface area contributed by atoms with Gasteiger partial charge < -0.3 is 5.32 Å². The average molecular weight is 264 g/mol. The van der Waals surface area contributed by atoms with Gasteiger partial charge in [-0.25, -0.2) is 0 Å². The van der Waals surface area contributed by atoms with Crippen LogP contribution in [0.1, 0.15) is 30.5 Å². The van der Waals surface area contributed by atoms with E-state index in [1.165, 1.54) is 11.1 Å². The van der Waals surface area contributed by atoms with Crippen molar-refractivity contribution in [2.75, 3.05) is 7.05 Å². The van der Waals surface area contributed by atoms with Crippen LogP contribution in [0.4, 0.5) is 0 Å². The van der Waals surface area contributed by atoms with Crippen LogP contribution in [0.5, 0.6) is 0 Å². The Morgan fingerprint density at radius 2 is 2.06 bits per heavy atom. The monoisotopic (exact) mass is 263 g/mol. The molecule has 1 N–H and O–H groups in total. The predicted octanol–water partition coefficient (Wildman–Crippen LogP) is 3.26. The molecule has 1 unspecified atom stereocenters. The highest BCUT2D eigenvalue weighted by molar-refractivity contribution is 6.30. The Morgan fingerprint density at radius 1 is 1.33 bits per heavy atom. The molecule has 96 valence electrons. The molecule has 2 rings (SSSR count). The molecule has 0 spiro atoms. The zero-order valence-electron chi connectivity index (χ0n) is 10.7. The number of rotatable bonds is 5. The van der Waals surface area contributed by atoms with Crippen LogP contribution < -0.4 is 5.32 Å². The molecule has 0 fully saturated rings. The van der Waals surface area contributed by atoms with Crippen molar-refractivity contribution in [1.82, 2.24) is 15.1 Å². The van der Waals surface area contributed by atoms with Crippen LogP contribution in [0.3, 0.4) is 0 Å². The van der Waals surface area contributed by atoms with Gasteiger partial charge in [-0.2, -0.15) is 5.10 Å². The summed E-state index contributed by atoms with van der Waals surface area (Å²) in [4.78, 5) is 0. The van der Waals surface area contributed by atoms with Gasteiger partial charge in [0.2, 0.25) is 0 Å². The summed E-state index contributed by atoms with van der Waals surface area (Å²) >= 11 is 5.87. The number of nitrogens with zero attached hydrogens (tertiary/aromatic N) is 2. The van der Waals surface area contributed by atoms with Gasteiger partial charge in [-0.3, -0.25) is 4.68 Å². The maximum absolute atomic E-state index is 5.87. The van der Waals surface area contributed by atoms with Crippen LogP contribution in [0.25, 0.3) is 0 Å². The Morgan fingerprint density at radius 3 is 2.67 bits per heavy atom. The predicted molar refractivity (Wildman–Crippen MR) is 74.9 cm³/mol. The Labute approximate surface area is 113 Å². The molecule has 18 heavy (non-hydrogen) atoms. The molecule has 1 atom stereocenters. The maximum atomic E-state index is 5.87. The van der Waals surface area contributed by atoms with E-state index < -0.39 is 0 Å². The number of aromatic nitrogens is 2. The largest absolute Gasteiger partial charge is 0.313 e. The Kier molecular flexibility index (Phi) is 4.39. The fraction of sp³-hybridized carbons (Fsp3) is 0.357. The zero-order chi connectivity index (χ0) is 13.0. The molecule has 0 saturated heterocycles. The van der Waals surface area contributed by atoms with E-state index in [1.54, 1.807) is 0 Å². The van der Waals surface area contributed by atoms with Crippen molar-refractivity contribution >= 4 is 11.6 Å². The normalized spacial score (nSPS) is 12.6. The molecule has 0 amide bonds. The standard InChI is InChI=1S/C14H18ClN3/c1-3-14(16-2)12-8-17-18(10-12)9-11-4-6-13(15)7-5-11/h4-8,10,14,16H,3,9H2,1-2H3. The Bertz CT molecular complexity index is 486. The first kappa shape index (κ1) is 13.1. The number of hydrogen-bond acceptors (Lipinski definition) is 2. The first-order chi connectivity index (χ1) is 8.72. The lowest BCUT2D eigenvalue weighted by molar-refractivity contribution is 0.575. The third-order valence-corrected chi connectivity index (χ3v) is 3.32. The van der Waals surface area contributed by atoms with Crippen LogP contribution >= 0.6 is 11.6 Å². The highest BCUT2D eigenvalue weighted by atomic mass is 35.5. The Balaban J connectivity index is 2.08. The van der Waals surface area contributed by atoms with Gasteiger partial charge in [0.1, 0.15) is 0 Å². The maximum Gasteiger partial charge on any atom is 0.0659 e. The third-order valence-electron chi connectivity index (χ3n) is 3.07. The molecule has 2 aromatic rings. The van der Waals surface area contributed by atoms with Crippen LogP contribution in [-0.2, 0) is 6.54 Å². The van der Waals surface area contributed by atoms with E-state index in [2.05, 4.69) is 23.5 Å². The van der Waals surface area contributed by atoms with E-state index in [0.29, 0.717) is 6.04 Å². The first-order valence-corrected chi connectivity index (χ1v) is 6.54. The second-order valence-corrected chi connectivity index (χ2v) is 4.78. The molecule has 0 aliphatic heterocycles. The van der Waals surface area contributed by atoms with Crippen molar-refractivity contribution in [3.63, 3.8) is 0 Å². The summed E-state index contributed by atoms with van der Waals surface area (Å²) in [6.45, 7) is 2.94. The zero-order valence-corrected chi connectivity index (χ0v) is 11.5. The van der Waals surface area contributed by atoms with Crippen molar-refractivity contribution < 1.29 is 0 Å². The van der Waals surface area contributed by atoms with Gasteiger partial charge in [-0.05, 0) is 31.2 Å². The van der Waals surface area contributed by atoms with Crippen molar-refractivity contribution in [1.29, 1.82) is 0 Å². The summed E-state index contributed by atoms with van der Waals surface area (Å²) < 4.78 is 1.96. The van der Waals surface area contributed by atoms with Crippen LogP contribution in [0.2, 0.25) is 5.02 Å². The molecular weight excluding hydrogens is 246 g/mol. The molecular formula is C14H18ClN3. The van der Waals surface area contributed by atoms with E-state index in [1.807, 2.05) is 42.2 Å². The summed E-state index contributed by atoms with van der Waals surface area (Å²) in [5, 5.41) is 8.44. The minimum absolute atomic E-state index is 0.379. The number of benzene rings is 1. The fourth-order valence-electron chi connectivity index (χ4n) is 2.03. The van der Waals surface area contributed by atoms with E-state index in [-0.39, 0.29) is 0 Å². The third kappa shape index (κ3) is 3.12. The van der Waals surface area contributed by atoms with Crippen molar-refractivity contribution in [3.8, 4) is 0 Å². The highest BCUT2D eigenvalue weighted by Crippen LogP contribution is 2.16. The number of halogens is 1. The topological polar surface area (TPSA) is 29.9 Å². The van der Waals surface area contributed by atoms with E-state index in [9.17, 15) is 0 Å². The van der Waals surface area contributed by atoms with E-state index in [0.717, 1.165) is 18.0 Å². The second kappa shape index (κ2) is 6.03. The fourth-order valence-corrected chi connectivity index (χ4v) is 2.16. The lowest BCUT2D eigenvalue weighted by Crippen LogP contribution is -2.14. The Hall–Kier alpha value is -1.32. The molecule has 4 heteroatoms. The van der Waals surface area contributed by atoms with E-state index in [4.69, 9.17) is 11.6 Å². The molecule has 0 saturated carbocycles. The summed E-state index contributed by atoms with van der Waals surface area (Å²) in [6, 6.07) is 8.25. The summed E-state index contributed by atoms with van der Waals surface area (Å²) in [5.74, 6) is 0. The van der Waals surface area contributed by atoms with Gasteiger partial charge in [0.15, 0.2) is 0 Å². The van der Waals surface area contributed by atoms with Gasteiger partial charge >= 0.3 is 0 Å². The summed E-state index contributed by atoms with van der Waals surface area (Å²) in [6.07, 6.45) is 5.09. The first-order valence-electron chi connectivity index (χ1n) is 6.17. The quantitative estimate of drug-likeness (QED) is 0.897. The van der Waals surface area contributed by atoms with Crippen molar-refractivity contribution in [2.24, 2.45) is 0 Å². The van der Waals surface area contributed by atoms with Crippen molar-refractivity contribution in [3.05, 3.63) is 52.8 Å².